The first-order chi connectivity index (χ1) is 15.7. The van der Waals surface area contributed by atoms with Crippen molar-refractivity contribution in [3.63, 3.8) is 0 Å². The first-order valence-electron chi connectivity index (χ1n) is 9.81. The third kappa shape index (κ3) is 4.10. The summed E-state index contributed by atoms with van der Waals surface area (Å²) in [6.45, 7) is 0. The van der Waals surface area contributed by atoms with Gasteiger partial charge in [-0.2, -0.15) is 0 Å². The fourth-order valence-corrected chi connectivity index (χ4v) is 4.02. The molecule has 1 amide bonds. The number of fused-ring (bicyclic) bond motifs is 1. The Bertz CT molecular complexity index is 1350. The van der Waals surface area contributed by atoms with Gasteiger partial charge in [0.05, 0.1) is 16.8 Å². The van der Waals surface area contributed by atoms with Crippen LogP contribution in [0.1, 0.15) is 0 Å². The summed E-state index contributed by atoms with van der Waals surface area (Å²) in [5.41, 5.74) is 3.20. The van der Waals surface area contributed by atoms with Crippen molar-refractivity contribution >= 4 is 34.7 Å². The number of hydrogen-bond acceptors (Lipinski definition) is 5. The van der Waals surface area contributed by atoms with Crippen LogP contribution in [0.4, 0.5) is 10.3 Å². The Morgan fingerprint density at radius 2 is 1.72 bits per heavy atom. The quantitative estimate of drug-likeness (QED) is 0.371. The van der Waals surface area contributed by atoms with Crippen molar-refractivity contribution in [3.8, 4) is 17.1 Å². The average molecular weight is 444 g/mol. The minimum absolute atomic E-state index is 0.116. The van der Waals surface area contributed by atoms with Crippen molar-refractivity contribution in [2.24, 2.45) is 0 Å². The van der Waals surface area contributed by atoms with E-state index in [-0.39, 0.29) is 17.5 Å². The lowest BCUT2D eigenvalue weighted by Crippen LogP contribution is -2.15. The molecule has 2 heterocycles. The van der Waals surface area contributed by atoms with Crippen LogP contribution in [0.5, 0.6) is 0 Å². The van der Waals surface area contributed by atoms with Gasteiger partial charge >= 0.3 is 0 Å². The zero-order valence-electron chi connectivity index (χ0n) is 16.7. The lowest BCUT2D eigenvalue weighted by Gasteiger charge is -2.10. The van der Waals surface area contributed by atoms with Gasteiger partial charge in [-0.05, 0) is 48.5 Å². The fraction of sp³-hybridized carbons (Fsp3) is 0.0435. The van der Waals surface area contributed by atoms with E-state index in [9.17, 15) is 9.18 Å². The maximum Gasteiger partial charge on any atom is 0.237 e. The second-order valence-corrected chi connectivity index (χ2v) is 7.87. The molecule has 0 aliphatic carbocycles. The van der Waals surface area contributed by atoms with E-state index >= 15 is 0 Å². The molecule has 0 saturated carbocycles. The Morgan fingerprint density at radius 1 is 0.969 bits per heavy atom. The van der Waals surface area contributed by atoms with E-state index in [2.05, 4.69) is 25.5 Å². The molecule has 7 nitrogen and oxygen atoms in total. The van der Waals surface area contributed by atoms with E-state index in [0.29, 0.717) is 16.9 Å². The molecular weight excluding hydrogens is 427 g/mol. The molecule has 9 heteroatoms. The number of para-hydroxylation sites is 3. The number of carbonyl (C=O) groups is 1. The molecule has 0 aliphatic heterocycles. The Kier molecular flexibility index (Phi) is 5.39. The summed E-state index contributed by atoms with van der Waals surface area (Å²) in [7, 11) is 0. The minimum Gasteiger partial charge on any atom is -0.324 e. The van der Waals surface area contributed by atoms with E-state index < -0.39 is 0 Å². The number of hydrogen-bond donors (Lipinski definition) is 2. The second kappa shape index (κ2) is 8.64. The van der Waals surface area contributed by atoms with Crippen LogP contribution in [-0.4, -0.2) is 36.4 Å². The zero-order chi connectivity index (χ0) is 21.9. The van der Waals surface area contributed by atoms with Crippen LogP contribution >= 0.6 is 11.8 Å². The van der Waals surface area contributed by atoms with Gasteiger partial charge in [0.2, 0.25) is 11.9 Å². The van der Waals surface area contributed by atoms with Crippen molar-refractivity contribution in [3.05, 3.63) is 84.7 Å². The molecule has 158 valence electrons. The largest absolute Gasteiger partial charge is 0.324 e. The SMILES string of the molecule is O=C(CSc1nnc(-c2ccc(F)cc2)n1-c1ccccc1)Nc1nc2ccccc2[nH]1. The van der Waals surface area contributed by atoms with E-state index in [1.165, 1.54) is 23.9 Å². The summed E-state index contributed by atoms with van der Waals surface area (Å²) in [6, 6.07) is 23.2. The van der Waals surface area contributed by atoms with E-state index in [4.69, 9.17) is 0 Å². The number of benzene rings is 3. The molecule has 0 unspecified atom stereocenters. The van der Waals surface area contributed by atoms with Gasteiger partial charge in [0, 0.05) is 11.3 Å². The third-order valence-corrected chi connectivity index (χ3v) is 5.66. The van der Waals surface area contributed by atoms with Crippen LogP contribution in [-0.2, 0) is 4.79 Å². The standard InChI is InChI=1S/C23H17FN6OS/c24-16-12-10-15(11-13-16)21-28-29-23(30(21)17-6-2-1-3-7-17)32-14-20(31)27-22-25-18-8-4-5-9-19(18)26-22/h1-13H,14H2,(H2,25,26,27,31). The van der Waals surface area contributed by atoms with Crippen LogP contribution < -0.4 is 5.32 Å². The Balaban J connectivity index is 1.38. The van der Waals surface area contributed by atoms with Crippen molar-refractivity contribution in [2.45, 2.75) is 5.16 Å². The van der Waals surface area contributed by atoms with Gasteiger partial charge in [0.1, 0.15) is 5.82 Å². The Morgan fingerprint density at radius 3 is 2.50 bits per heavy atom. The van der Waals surface area contributed by atoms with Gasteiger partial charge < -0.3 is 4.98 Å². The van der Waals surface area contributed by atoms with Crippen LogP contribution in [0.25, 0.3) is 28.1 Å². The minimum atomic E-state index is -0.323. The lowest BCUT2D eigenvalue weighted by atomic mass is 10.2. The maximum absolute atomic E-state index is 13.4. The van der Waals surface area contributed by atoms with Crippen molar-refractivity contribution in [2.75, 3.05) is 11.1 Å². The first kappa shape index (κ1) is 20.0. The van der Waals surface area contributed by atoms with Gasteiger partial charge in [-0.15, -0.1) is 10.2 Å². The van der Waals surface area contributed by atoms with Crippen LogP contribution in [0, 0.1) is 5.82 Å². The smallest absolute Gasteiger partial charge is 0.237 e. The van der Waals surface area contributed by atoms with Gasteiger partial charge in [-0.1, -0.05) is 42.1 Å². The van der Waals surface area contributed by atoms with Gasteiger partial charge in [0.15, 0.2) is 11.0 Å². The summed E-state index contributed by atoms with van der Waals surface area (Å²) in [4.78, 5) is 20.0. The Labute approximate surface area is 186 Å². The van der Waals surface area contributed by atoms with E-state index in [0.717, 1.165) is 22.3 Å². The summed E-state index contributed by atoms with van der Waals surface area (Å²) in [5.74, 6) is 0.534. The first-order valence-corrected chi connectivity index (χ1v) is 10.8. The molecule has 2 aromatic heterocycles. The number of thioether (sulfide) groups is 1. The number of carbonyl (C=O) groups excluding carboxylic acids is 1. The van der Waals surface area contributed by atoms with Crippen molar-refractivity contribution in [1.82, 2.24) is 24.7 Å². The van der Waals surface area contributed by atoms with Crippen LogP contribution in [0.3, 0.4) is 0 Å². The van der Waals surface area contributed by atoms with Gasteiger partial charge in [-0.3, -0.25) is 14.7 Å². The predicted octanol–water partition coefficient (Wildman–Crippen LogP) is 4.68. The molecule has 0 spiro atoms. The highest BCUT2D eigenvalue weighted by atomic mass is 32.2. The molecule has 5 aromatic rings. The number of aromatic amines is 1. The fourth-order valence-electron chi connectivity index (χ4n) is 3.27. The molecule has 0 atom stereocenters. The van der Waals surface area contributed by atoms with Gasteiger partial charge in [0.25, 0.3) is 0 Å². The van der Waals surface area contributed by atoms with Crippen molar-refractivity contribution < 1.29 is 9.18 Å². The monoisotopic (exact) mass is 444 g/mol. The number of halogens is 1. The number of nitrogens with zero attached hydrogens (tertiary/aromatic N) is 4. The third-order valence-electron chi connectivity index (χ3n) is 4.73. The number of amides is 1. The highest BCUT2D eigenvalue weighted by Crippen LogP contribution is 2.28. The summed E-state index contributed by atoms with van der Waals surface area (Å²) in [5, 5.41) is 11.9. The molecule has 2 N–H and O–H groups in total. The topological polar surface area (TPSA) is 88.5 Å². The van der Waals surface area contributed by atoms with Crippen LogP contribution in [0.2, 0.25) is 0 Å². The average Bonchev–Trinajstić information content (AvgIpc) is 3.42. The molecular formula is C23H17FN6OS. The molecule has 0 fully saturated rings. The number of aromatic nitrogens is 5. The van der Waals surface area contributed by atoms with Crippen molar-refractivity contribution in [1.29, 1.82) is 0 Å². The molecule has 0 bridgehead atoms. The van der Waals surface area contributed by atoms with E-state index in [1.807, 2.05) is 59.2 Å². The number of H-pyrrole nitrogens is 1. The summed E-state index contributed by atoms with van der Waals surface area (Å²) < 4.78 is 15.2. The number of rotatable bonds is 6. The molecule has 5 rings (SSSR count). The molecule has 0 aliphatic rings. The zero-order valence-corrected chi connectivity index (χ0v) is 17.5. The Hall–Kier alpha value is -3.98. The van der Waals surface area contributed by atoms with Gasteiger partial charge in [-0.25, -0.2) is 9.37 Å². The molecule has 0 radical (unpaired) electrons. The maximum atomic E-state index is 13.4. The summed E-state index contributed by atoms with van der Waals surface area (Å²) >= 11 is 1.26. The molecule has 0 saturated heterocycles. The molecule has 3 aromatic carbocycles. The highest BCUT2D eigenvalue weighted by molar-refractivity contribution is 7.99. The number of anilines is 1. The number of imidazole rings is 1. The van der Waals surface area contributed by atoms with E-state index in [1.54, 1.807) is 12.1 Å². The normalized spacial score (nSPS) is 11.0. The van der Waals surface area contributed by atoms with Crippen LogP contribution in [0.15, 0.2) is 84.0 Å². The predicted molar refractivity (Wildman–Crippen MR) is 122 cm³/mol. The summed E-state index contributed by atoms with van der Waals surface area (Å²) in [6.07, 6.45) is 0. The lowest BCUT2D eigenvalue weighted by molar-refractivity contribution is -0.113. The highest BCUT2D eigenvalue weighted by Gasteiger charge is 2.17. The second-order valence-electron chi connectivity index (χ2n) is 6.92. The number of nitrogens with one attached hydrogen (secondary N) is 2. The molecule has 32 heavy (non-hydrogen) atoms.